The maximum absolute atomic E-state index is 11.2. The molecule has 0 radical (unpaired) electrons. The number of benzene rings is 1. The molecule has 0 saturated heterocycles. The van der Waals surface area contributed by atoms with Crippen molar-refractivity contribution in [2.45, 2.75) is 6.42 Å². The first-order valence-corrected chi connectivity index (χ1v) is 5.47. The van der Waals surface area contributed by atoms with Gasteiger partial charge in [0.2, 0.25) is 5.91 Å². The summed E-state index contributed by atoms with van der Waals surface area (Å²) in [7, 11) is 0. The van der Waals surface area contributed by atoms with Crippen LogP contribution < -0.4 is 5.73 Å². The van der Waals surface area contributed by atoms with E-state index in [1.54, 1.807) is 6.07 Å². The van der Waals surface area contributed by atoms with E-state index < -0.39 is 5.91 Å². The first kappa shape index (κ1) is 9.96. The van der Waals surface area contributed by atoms with Crippen LogP contribution in [0.5, 0.6) is 0 Å². The SMILES string of the molecule is NC(=O)c1ccc2ncc3c(c2c1)CCN=C3. The number of fused-ring (bicyclic) bond motifs is 3. The van der Waals surface area contributed by atoms with Crippen molar-refractivity contribution in [3.8, 4) is 0 Å². The van der Waals surface area contributed by atoms with Gasteiger partial charge >= 0.3 is 0 Å². The summed E-state index contributed by atoms with van der Waals surface area (Å²) in [6.07, 6.45) is 4.54. The Balaban J connectivity index is 2.32. The van der Waals surface area contributed by atoms with E-state index in [0.717, 1.165) is 29.4 Å². The molecule has 0 unspecified atom stereocenters. The highest BCUT2D eigenvalue weighted by Crippen LogP contribution is 2.23. The predicted octanol–water partition coefficient (Wildman–Crippen LogP) is 1.31. The fraction of sp³-hybridized carbons (Fsp3) is 0.154. The highest BCUT2D eigenvalue weighted by molar-refractivity contribution is 5.99. The van der Waals surface area contributed by atoms with E-state index in [9.17, 15) is 4.79 Å². The largest absolute Gasteiger partial charge is 0.366 e. The molecule has 3 rings (SSSR count). The van der Waals surface area contributed by atoms with E-state index in [1.807, 2.05) is 24.5 Å². The maximum atomic E-state index is 11.2. The molecule has 0 fully saturated rings. The van der Waals surface area contributed by atoms with E-state index in [2.05, 4.69) is 9.98 Å². The Bertz CT molecular complexity index is 646. The summed E-state index contributed by atoms with van der Waals surface area (Å²) in [4.78, 5) is 19.8. The molecule has 0 aliphatic carbocycles. The van der Waals surface area contributed by atoms with Crippen LogP contribution in [0.1, 0.15) is 21.5 Å². The first-order valence-electron chi connectivity index (χ1n) is 5.47. The Labute approximate surface area is 98.2 Å². The fourth-order valence-electron chi connectivity index (χ4n) is 2.15. The van der Waals surface area contributed by atoms with Gasteiger partial charge in [-0.2, -0.15) is 0 Å². The summed E-state index contributed by atoms with van der Waals surface area (Å²) >= 11 is 0. The van der Waals surface area contributed by atoms with Gasteiger partial charge in [-0.25, -0.2) is 0 Å². The van der Waals surface area contributed by atoms with Crippen molar-refractivity contribution in [3.63, 3.8) is 0 Å². The van der Waals surface area contributed by atoms with Gasteiger partial charge in [-0.15, -0.1) is 0 Å². The highest BCUT2D eigenvalue weighted by atomic mass is 16.1. The lowest BCUT2D eigenvalue weighted by atomic mass is 9.98. The van der Waals surface area contributed by atoms with Crippen molar-refractivity contribution < 1.29 is 4.79 Å². The summed E-state index contributed by atoms with van der Waals surface area (Å²) in [5.41, 5.74) is 8.95. The third-order valence-electron chi connectivity index (χ3n) is 3.02. The van der Waals surface area contributed by atoms with Crippen LogP contribution in [0.25, 0.3) is 10.9 Å². The number of rotatable bonds is 1. The van der Waals surface area contributed by atoms with Gasteiger partial charge in [0.1, 0.15) is 0 Å². The summed E-state index contributed by atoms with van der Waals surface area (Å²) in [5.74, 6) is -0.408. The minimum Gasteiger partial charge on any atom is -0.366 e. The Hall–Kier alpha value is -2.23. The van der Waals surface area contributed by atoms with Crippen molar-refractivity contribution in [2.24, 2.45) is 10.7 Å². The van der Waals surface area contributed by atoms with E-state index in [-0.39, 0.29) is 0 Å². The predicted molar refractivity (Wildman–Crippen MR) is 66.4 cm³/mol. The van der Waals surface area contributed by atoms with Crippen molar-refractivity contribution in [3.05, 3.63) is 41.1 Å². The van der Waals surface area contributed by atoms with Gasteiger partial charge < -0.3 is 5.73 Å². The number of hydrogen-bond donors (Lipinski definition) is 1. The summed E-state index contributed by atoms with van der Waals surface area (Å²) < 4.78 is 0. The monoisotopic (exact) mass is 225 g/mol. The molecule has 1 aromatic carbocycles. The molecule has 17 heavy (non-hydrogen) atoms. The van der Waals surface area contributed by atoms with Gasteiger partial charge in [-0.1, -0.05) is 0 Å². The van der Waals surface area contributed by atoms with Crippen LogP contribution in [0.4, 0.5) is 0 Å². The first-order chi connectivity index (χ1) is 8.25. The van der Waals surface area contributed by atoms with Crippen molar-refractivity contribution >= 4 is 23.0 Å². The topological polar surface area (TPSA) is 68.3 Å². The molecule has 1 aromatic heterocycles. The molecule has 1 aliphatic rings. The van der Waals surface area contributed by atoms with Crippen LogP contribution in [-0.2, 0) is 6.42 Å². The van der Waals surface area contributed by atoms with Gasteiger partial charge in [-0.3, -0.25) is 14.8 Å². The summed E-state index contributed by atoms with van der Waals surface area (Å²) in [5, 5.41) is 1.00. The van der Waals surface area contributed by atoms with Gasteiger partial charge in [0.25, 0.3) is 0 Å². The Morgan fingerprint density at radius 1 is 1.35 bits per heavy atom. The second-order valence-corrected chi connectivity index (χ2v) is 4.07. The summed E-state index contributed by atoms with van der Waals surface area (Å²) in [6.45, 7) is 0.785. The number of nitrogens with two attached hydrogens (primary N) is 1. The van der Waals surface area contributed by atoms with Crippen LogP contribution in [0.2, 0.25) is 0 Å². The molecule has 4 heteroatoms. The fourth-order valence-corrected chi connectivity index (χ4v) is 2.15. The van der Waals surface area contributed by atoms with Gasteiger partial charge in [0.15, 0.2) is 0 Å². The van der Waals surface area contributed by atoms with Crippen molar-refractivity contribution in [1.29, 1.82) is 0 Å². The van der Waals surface area contributed by atoms with Gasteiger partial charge in [-0.05, 0) is 30.2 Å². The molecule has 1 amide bonds. The maximum Gasteiger partial charge on any atom is 0.248 e. The number of aromatic nitrogens is 1. The molecule has 1 aliphatic heterocycles. The Morgan fingerprint density at radius 3 is 3.06 bits per heavy atom. The average Bonchev–Trinajstić information content (AvgIpc) is 2.38. The van der Waals surface area contributed by atoms with Gasteiger partial charge in [0.05, 0.1) is 5.52 Å². The Morgan fingerprint density at radius 2 is 2.24 bits per heavy atom. The van der Waals surface area contributed by atoms with E-state index in [1.165, 1.54) is 5.56 Å². The van der Waals surface area contributed by atoms with E-state index in [4.69, 9.17) is 5.73 Å². The third kappa shape index (κ3) is 1.58. The molecule has 4 nitrogen and oxygen atoms in total. The number of nitrogens with zero attached hydrogens (tertiary/aromatic N) is 2. The van der Waals surface area contributed by atoms with E-state index >= 15 is 0 Å². The molecule has 2 N–H and O–H groups in total. The lowest BCUT2D eigenvalue weighted by Crippen LogP contribution is -2.11. The number of carbonyl (C=O) groups excluding carboxylic acids is 1. The van der Waals surface area contributed by atoms with E-state index in [0.29, 0.717) is 5.56 Å². The minimum absolute atomic E-state index is 0.408. The van der Waals surface area contributed by atoms with Crippen molar-refractivity contribution in [1.82, 2.24) is 4.98 Å². The highest BCUT2D eigenvalue weighted by Gasteiger charge is 2.11. The zero-order valence-electron chi connectivity index (χ0n) is 9.18. The molecular formula is C13H11N3O. The number of hydrogen-bond acceptors (Lipinski definition) is 3. The number of primary amides is 1. The second kappa shape index (κ2) is 3.66. The molecule has 0 saturated carbocycles. The molecule has 0 atom stereocenters. The lowest BCUT2D eigenvalue weighted by molar-refractivity contribution is 0.100. The number of aliphatic imine (C=N–C) groups is 1. The second-order valence-electron chi connectivity index (χ2n) is 4.07. The normalized spacial score (nSPS) is 13.6. The average molecular weight is 225 g/mol. The molecule has 84 valence electrons. The van der Waals surface area contributed by atoms with Gasteiger partial charge in [0, 0.05) is 35.5 Å². The van der Waals surface area contributed by atoms with Crippen LogP contribution in [0.15, 0.2) is 29.4 Å². The number of amides is 1. The quantitative estimate of drug-likeness (QED) is 0.795. The molecule has 0 spiro atoms. The summed E-state index contributed by atoms with van der Waals surface area (Å²) in [6, 6.07) is 5.37. The van der Waals surface area contributed by atoms with Crippen LogP contribution in [-0.4, -0.2) is 23.7 Å². The van der Waals surface area contributed by atoms with Crippen molar-refractivity contribution in [2.75, 3.05) is 6.54 Å². The lowest BCUT2D eigenvalue weighted by Gasteiger charge is -2.12. The van der Waals surface area contributed by atoms with Crippen LogP contribution >= 0.6 is 0 Å². The molecule has 2 heterocycles. The van der Waals surface area contributed by atoms with Crippen LogP contribution in [0, 0.1) is 0 Å². The zero-order chi connectivity index (χ0) is 11.8. The molecule has 2 aromatic rings. The Kier molecular flexibility index (Phi) is 2.14. The van der Waals surface area contributed by atoms with Crippen LogP contribution in [0.3, 0.4) is 0 Å². The zero-order valence-corrected chi connectivity index (χ0v) is 9.18. The number of pyridine rings is 1. The third-order valence-corrected chi connectivity index (χ3v) is 3.02. The molecular weight excluding hydrogens is 214 g/mol. The molecule has 0 bridgehead atoms. The smallest absolute Gasteiger partial charge is 0.248 e. The standard InChI is InChI=1S/C13H11N3O/c14-13(17)8-1-2-12-11(5-8)10-3-4-15-6-9(10)7-16-12/h1-2,5-7H,3-4H2,(H2,14,17). The minimum atomic E-state index is -0.408. The number of carbonyl (C=O) groups is 1.